The molecule has 0 unspecified atom stereocenters. The first-order chi connectivity index (χ1) is 7.00. The topological polar surface area (TPSA) is 46.4 Å². The van der Waals surface area contributed by atoms with Crippen molar-refractivity contribution in [3.8, 4) is 0 Å². The first-order valence-corrected chi connectivity index (χ1v) is 4.58. The Bertz CT molecular complexity index is 366. The third-order valence-corrected chi connectivity index (χ3v) is 2.09. The molecule has 0 aliphatic rings. The maximum absolute atomic E-state index is 12.9. The Hall–Kier alpha value is -1.65. The third kappa shape index (κ3) is 3.19. The highest BCUT2D eigenvalue weighted by atomic mass is 19.1. The second-order valence-electron chi connectivity index (χ2n) is 3.47. The second-order valence-corrected chi connectivity index (χ2v) is 3.47. The minimum atomic E-state index is -0.372. The van der Waals surface area contributed by atoms with Crippen LogP contribution in [0.15, 0.2) is 18.2 Å². The first-order valence-electron chi connectivity index (χ1n) is 4.58. The van der Waals surface area contributed by atoms with Crippen molar-refractivity contribution in [1.82, 2.24) is 0 Å². The van der Waals surface area contributed by atoms with E-state index in [2.05, 4.69) is 0 Å². The van der Waals surface area contributed by atoms with E-state index in [0.717, 1.165) is 5.56 Å². The van der Waals surface area contributed by atoms with Crippen LogP contribution in [0.4, 0.5) is 10.1 Å². The smallest absolute Gasteiger partial charge is 0.207 e. The summed E-state index contributed by atoms with van der Waals surface area (Å²) in [6, 6.07) is 4.30. The van der Waals surface area contributed by atoms with E-state index < -0.39 is 0 Å². The molecule has 0 saturated heterocycles. The van der Waals surface area contributed by atoms with Crippen LogP contribution in [0.25, 0.3) is 0 Å². The standard InChI is InChI=1S/C10H13FN2O2/c1-12(2)10-7-9(11)4-3-8(10)5-6-13(14)15/h3-4,7H,5-6H2,1-2H3. The SMILES string of the molecule is CN(C)c1cc(F)ccc1CC[N+](=O)[O-]. The molecule has 5 heteroatoms. The second kappa shape index (κ2) is 4.72. The van der Waals surface area contributed by atoms with E-state index in [1.54, 1.807) is 25.1 Å². The Kier molecular flexibility index (Phi) is 3.60. The fraction of sp³-hybridized carbons (Fsp3) is 0.400. The predicted molar refractivity (Wildman–Crippen MR) is 56.3 cm³/mol. The summed E-state index contributed by atoms with van der Waals surface area (Å²) >= 11 is 0. The monoisotopic (exact) mass is 212 g/mol. The molecule has 0 spiro atoms. The van der Waals surface area contributed by atoms with Gasteiger partial charge >= 0.3 is 0 Å². The number of benzene rings is 1. The van der Waals surface area contributed by atoms with Gasteiger partial charge in [-0.1, -0.05) is 6.07 Å². The normalized spacial score (nSPS) is 10.1. The Morgan fingerprint density at radius 1 is 1.47 bits per heavy atom. The molecule has 0 aliphatic heterocycles. The van der Waals surface area contributed by atoms with Gasteiger partial charge in [0.1, 0.15) is 5.82 Å². The molecule has 1 rings (SSSR count). The van der Waals surface area contributed by atoms with E-state index in [9.17, 15) is 14.5 Å². The van der Waals surface area contributed by atoms with Crippen molar-refractivity contribution in [2.24, 2.45) is 0 Å². The summed E-state index contributed by atoms with van der Waals surface area (Å²) in [5.74, 6) is -0.330. The molecule has 4 nitrogen and oxygen atoms in total. The number of nitro groups is 1. The fourth-order valence-electron chi connectivity index (χ4n) is 1.38. The van der Waals surface area contributed by atoms with Gasteiger partial charge in [-0.15, -0.1) is 0 Å². The van der Waals surface area contributed by atoms with Gasteiger partial charge < -0.3 is 4.90 Å². The van der Waals surface area contributed by atoms with Crippen LogP contribution in [0.5, 0.6) is 0 Å². The summed E-state index contributed by atoms with van der Waals surface area (Å²) in [5.41, 5.74) is 1.48. The van der Waals surface area contributed by atoms with E-state index in [0.29, 0.717) is 12.1 Å². The van der Waals surface area contributed by atoms with Gasteiger partial charge in [-0.2, -0.15) is 0 Å². The van der Waals surface area contributed by atoms with E-state index in [-0.39, 0.29) is 17.3 Å². The first kappa shape index (κ1) is 11.4. The van der Waals surface area contributed by atoms with Gasteiger partial charge in [0, 0.05) is 31.1 Å². The van der Waals surface area contributed by atoms with Crippen LogP contribution in [0, 0.1) is 15.9 Å². The highest BCUT2D eigenvalue weighted by Gasteiger charge is 2.08. The fourth-order valence-corrected chi connectivity index (χ4v) is 1.38. The van der Waals surface area contributed by atoms with Gasteiger partial charge in [0.25, 0.3) is 0 Å². The van der Waals surface area contributed by atoms with E-state index >= 15 is 0 Å². The van der Waals surface area contributed by atoms with Crippen molar-refractivity contribution in [3.63, 3.8) is 0 Å². The lowest BCUT2D eigenvalue weighted by Crippen LogP contribution is -2.13. The zero-order chi connectivity index (χ0) is 11.4. The largest absolute Gasteiger partial charge is 0.377 e. The van der Waals surface area contributed by atoms with Crippen molar-refractivity contribution in [2.45, 2.75) is 6.42 Å². The van der Waals surface area contributed by atoms with Gasteiger partial charge in [0.2, 0.25) is 6.54 Å². The third-order valence-electron chi connectivity index (χ3n) is 2.09. The van der Waals surface area contributed by atoms with Crippen LogP contribution in [0.3, 0.4) is 0 Å². The molecule has 0 bridgehead atoms. The van der Waals surface area contributed by atoms with Crippen LogP contribution >= 0.6 is 0 Å². The van der Waals surface area contributed by atoms with Gasteiger partial charge in [0.15, 0.2) is 0 Å². The zero-order valence-electron chi connectivity index (χ0n) is 8.74. The van der Waals surface area contributed by atoms with Crippen molar-refractivity contribution in [3.05, 3.63) is 39.7 Å². The molecule has 1 aromatic rings. The molecule has 0 fully saturated rings. The molecular formula is C10H13FN2O2. The summed E-state index contributed by atoms with van der Waals surface area (Å²) in [4.78, 5) is 11.6. The maximum Gasteiger partial charge on any atom is 0.207 e. The molecule has 0 aliphatic carbocycles. The molecule has 0 N–H and O–H groups in total. The average molecular weight is 212 g/mol. The lowest BCUT2D eigenvalue weighted by Gasteiger charge is -2.16. The lowest BCUT2D eigenvalue weighted by molar-refractivity contribution is -0.479. The molecule has 0 aromatic heterocycles. The Morgan fingerprint density at radius 2 is 2.13 bits per heavy atom. The summed E-state index contributed by atoms with van der Waals surface area (Å²) in [7, 11) is 3.56. The Balaban J connectivity index is 2.90. The number of rotatable bonds is 4. The highest BCUT2D eigenvalue weighted by molar-refractivity contribution is 5.52. The predicted octanol–water partition coefficient (Wildman–Crippen LogP) is 1.71. The Labute approximate surface area is 87.5 Å². The summed E-state index contributed by atoms with van der Waals surface area (Å²) in [6.45, 7) is -0.132. The van der Waals surface area contributed by atoms with E-state index in [4.69, 9.17) is 0 Å². The number of anilines is 1. The van der Waals surface area contributed by atoms with Crippen LogP contribution in [-0.2, 0) is 6.42 Å². The van der Waals surface area contributed by atoms with Gasteiger partial charge in [-0.05, 0) is 17.7 Å². The van der Waals surface area contributed by atoms with Crippen LogP contribution in [-0.4, -0.2) is 25.6 Å². The molecule has 15 heavy (non-hydrogen) atoms. The zero-order valence-corrected chi connectivity index (χ0v) is 8.74. The van der Waals surface area contributed by atoms with Crippen molar-refractivity contribution in [1.29, 1.82) is 0 Å². The minimum Gasteiger partial charge on any atom is -0.377 e. The summed E-state index contributed by atoms with van der Waals surface area (Å²) in [5, 5.41) is 10.2. The molecule has 0 amide bonds. The van der Waals surface area contributed by atoms with Gasteiger partial charge in [-0.25, -0.2) is 4.39 Å². The summed E-state index contributed by atoms with van der Waals surface area (Å²) in [6.07, 6.45) is 0.320. The number of hydrogen-bond acceptors (Lipinski definition) is 3. The van der Waals surface area contributed by atoms with E-state index in [1.807, 2.05) is 0 Å². The minimum absolute atomic E-state index is 0.132. The lowest BCUT2D eigenvalue weighted by atomic mass is 10.1. The molecule has 0 heterocycles. The highest BCUT2D eigenvalue weighted by Crippen LogP contribution is 2.20. The average Bonchev–Trinajstić information content (AvgIpc) is 2.15. The van der Waals surface area contributed by atoms with Crippen LogP contribution < -0.4 is 4.90 Å². The molecule has 1 aromatic carbocycles. The van der Waals surface area contributed by atoms with Crippen molar-refractivity contribution < 1.29 is 9.31 Å². The van der Waals surface area contributed by atoms with Crippen molar-refractivity contribution >= 4 is 5.69 Å². The van der Waals surface area contributed by atoms with Crippen molar-refractivity contribution in [2.75, 3.05) is 25.5 Å². The maximum atomic E-state index is 12.9. The van der Waals surface area contributed by atoms with Gasteiger partial charge in [0.05, 0.1) is 0 Å². The quantitative estimate of drug-likeness (QED) is 0.563. The van der Waals surface area contributed by atoms with Crippen LogP contribution in [0.1, 0.15) is 5.56 Å². The van der Waals surface area contributed by atoms with Crippen LogP contribution in [0.2, 0.25) is 0 Å². The van der Waals surface area contributed by atoms with E-state index in [1.165, 1.54) is 12.1 Å². The number of halogens is 1. The summed E-state index contributed by atoms with van der Waals surface area (Å²) < 4.78 is 12.9. The molecule has 0 atom stereocenters. The Morgan fingerprint density at radius 3 is 2.67 bits per heavy atom. The molecule has 82 valence electrons. The van der Waals surface area contributed by atoms with Gasteiger partial charge in [-0.3, -0.25) is 10.1 Å². The molecule has 0 saturated carbocycles. The molecular weight excluding hydrogens is 199 g/mol. The number of nitrogens with zero attached hydrogens (tertiary/aromatic N) is 2. The molecule has 0 radical (unpaired) electrons. The number of hydrogen-bond donors (Lipinski definition) is 0.